The maximum Gasteiger partial charge on any atom is 0.0566 e. The second kappa shape index (κ2) is 7.11. The molecule has 1 nitrogen and oxygen atoms in total. The monoisotopic (exact) mass is 469 g/mol. The van der Waals surface area contributed by atoms with Crippen LogP contribution in [0.2, 0.25) is 0 Å². The van der Waals surface area contributed by atoms with Crippen molar-refractivity contribution >= 4 is 50.8 Å². The standard InChI is InChI=1S/C31H19NS2/c1-2-8-20-19(7-1)28(18-14-15-26-27(17-18)34-25-13-4-3-12-24(25)33-26)23-10-5-9-21-22-11-6-16-32-31(22)30(20)29(21)23/h1-10,12-17,22H,11H2. The van der Waals surface area contributed by atoms with Crippen molar-refractivity contribution in [3.63, 3.8) is 0 Å². The van der Waals surface area contributed by atoms with Crippen molar-refractivity contribution in [1.29, 1.82) is 0 Å². The van der Waals surface area contributed by atoms with Crippen LogP contribution in [0.1, 0.15) is 23.5 Å². The van der Waals surface area contributed by atoms with Crippen LogP contribution < -0.4 is 0 Å². The van der Waals surface area contributed by atoms with E-state index in [9.17, 15) is 0 Å². The summed E-state index contributed by atoms with van der Waals surface area (Å²) in [5.41, 5.74) is 6.65. The summed E-state index contributed by atoms with van der Waals surface area (Å²) < 4.78 is 0. The van der Waals surface area contributed by atoms with Crippen molar-refractivity contribution in [3.05, 3.63) is 108 Å². The molecule has 1 unspecified atom stereocenters. The molecular weight excluding hydrogens is 450 g/mol. The van der Waals surface area contributed by atoms with E-state index in [1.165, 1.54) is 69.1 Å². The molecule has 5 aromatic rings. The first-order chi connectivity index (χ1) is 16.9. The number of fused-ring (bicyclic) bond motifs is 7. The summed E-state index contributed by atoms with van der Waals surface area (Å²) in [6.07, 6.45) is 5.23. The SMILES string of the molecule is C1=CN=C2c3c4ccccc4c(-c4ccc5c(c4)Sc4ccccc4S5)c4cccc(c34)C2C1. The fourth-order valence-electron chi connectivity index (χ4n) is 5.85. The maximum atomic E-state index is 4.89. The summed E-state index contributed by atoms with van der Waals surface area (Å²) in [5, 5.41) is 5.37. The van der Waals surface area contributed by atoms with E-state index in [1.807, 2.05) is 29.7 Å². The lowest BCUT2D eigenvalue weighted by Crippen LogP contribution is -2.09. The Morgan fingerprint density at radius 1 is 0.647 bits per heavy atom. The fourth-order valence-corrected chi connectivity index (χ4v) is 8.11. The highest BCUT2D eigenvalue weighted by atomic mass is 32.2. The molecule has 1 atom stereocenters. The predicted molar refractivity (Wildman–Crippen MR) is 145 cm³/mol. The molecule has 5 aromatic carbocycles. The third-order valence-electron chi connectivity index (χ3n) is 7.26. The van der Waals surface area contributed by atoms with E-state index < -0.39 is 0 Å². The van der Waals surface area contributed by atoms with Crippen LogP contribution in [0.5, 0.6) is 0 Å². The van der Waals surface area contributed by atoms with E-state index >= 15 is 0 Å². The van der Waals surface area contributed by atoms with Crippen LogP contribution in [0, 0.1) is 0 Å². The molecule has 0 spiro atoms. The van der Waals surface area contributed by atoms with Crippen LogP contribution in [-0.4, -0.2) is 5.71 Å². The zero-order chi connectivity index (χ0) is 22.2. The predicted octanol–water partition coefficient (Wildman–Crippen LogP) is 9.08. The molecule has 8 rings (SSSR count). The van der Waals surface area contributed by atoms with Gasteiger partial charge in [0.2, 0.25) is 0 Å². The Bertz CT molecular complexity index is 1740. The molecule has 0 saturated carbocycles. The molecular formula is C31H19NS2. The Kier molecular flexibility index (Phi) is 3.99. The minimum atomic E-state index is 0.370. The Labute approximate surface area is 206 Å². The third kappa shape index (κ3) is 2.57. The summed E-state index contributed by atoms with van der Waals surface area (Å²) in [4.78, 5) is 10.3. The van der Waals surface area contributed by atoms with Gasteiger partial charge < -0.3 is 0 Å². The van der Waals surface area contributed by atoms with Gasteiger partial charge in [-0.15, -0.1) is 0 Å². The minimum absolute atomic E-state index is 0.370. The first kappa shape index (κ1) is 19.1. The second-order valence-corrected chi connectivity index (χ2v) is 11.2. The number of hydrogen-bond acceptors (Lipinski definition) is 3. The lowest BCUT2D eigenvalue weighted by atomic mass is 9.89. The zero-order valence-corrected chi connectivity index (χ0v) is 19.9. The van der Waals surface area contributed by atoms with Crippen molar-refractivity contribution < 1.29 is 0 Å². The van der Waals surface area contributed by atoms with Gasteiger partial charge in [0.05, 0.1) is 5.71 Å². The number of allylic oxidation sites excluding steroid dienone is 1. The summed E-state index contributed by atoms with van der Waals surface area (Å²) in [6, 6.07) is 31.5. The van der Waals surface area contributed by atoms with Gasteiger partial charge in [-0.2, -0.15) is 0 Å². The summed E-state index contributed by atoms with van der Waals surface area (Å²) in [7, 11) is 0. The molecule has 0 amide bonds. The van der Waals surface area contributed by atoms with E-state index in [1.54, 1.807) is 0 Å². The third-order valence-corrected chi connectivity index (χ3v) is 9.80. The van der Waals surface area contributed by atoms with Gasteiger partial charge in [0.25, 0.3) is 0 Å². The molecule has 1 aliphatic carbocycles. The van der Waals surface area contributed by atoms with Crippen LogP contribution in [0.25, 0.3) is 32.7 Å². The normalized spacial score (nSPS) is 17.4. The van der Waals surface area contributed by atoms with E-state index in [2.05, 4.69) is 91.0 Å². The number of rotatable bonds is 1. The van der Waals surface area contributed by atoms with E-state index in [0.717, 1.165) is 6.42 Å². The number of aliphatic imine (C=N–C) groups is 1. The van der Waals surface area contributed by atoms with Crippen molar-refractivity contribution in [2.45, 2.75) is 31.9 Å². The quantitative estimate of drug-likeness (QED) is 0.223. The summed E-state index contributed by atoms with van der Waals surface area (Å²) in [6.45, 7) is 0. The zero-order valence-electron chi connectivity index (χ0n) is 18.3. The summed E-state index contributed by atoms with van der Waals surface area (Å²) in [5.74, 6) is 0.370. The van der Waals surface area contributed by atoms with Crippen molar-refractivity contribution in [2.24, 2.45) is 4.99 Å². The van der Waals surface area contributed by atoms with Gasteiger partial charge in [-0.05, 0) is 68.9 Å². The van der Waals surface area contributed by atoms with Gasteiger partial charge in [0.15, 0.2) is 0 Å². The highest BCUT2D eigenvalue weighted by Gasteiger charge is 2.34. The Morgan fingerprint density at radius 2 is 1.35 bits per heavy atom. The van der Waals surface area contributed by atoms with Gasteiger partial charge in [0, 0.05) is 37.3 Å². The molecule has 0 aromatic heterocycles. The molecule has 0 radical (unpaired) electrons. The molecule has 0 fully saturated rings. The van der Waals surface area contributed by atoms with Crippen LogP contribution in [0.4, 0.5) is 0 Å². The average Bonchev–Trinajstić information content (AvgIpc) is 3.23. The Hall–Kier alpha value is -3.27. The first-order valence-electron chi connectivity index (χ1n) is 11.7. The van der Waals surface area contributed by atoms with Crippen molar-refractivity contribution in [1.82, 2.24) is 0 Å². The second-order valence-electron chi connectivity index (χ2n) is 9.07. The van der Waals surface area contributed by atoms with Crippen LogP contribution in [0.15, 0.2) is 122 Å². The van der Waals surface area contributed by atoms with Crippen LogP contribution in [-0.2, 0) is 0 Å². The molecule has 3 aliphatic rings. The molecule has 2 aliphatic heterocycles. The van der Waals surface area contributed by atoms with Gasteiger partial charge in [-0.1, -0.05) is 90.3 Å². The lowest BCUT2D eigenvalue weighted by Gasteiger charge is -2.20. The van der Waals surface area contributed by atoms with Gasteiger partial charge in [0.1, 0.15) is 0 Å². The van der Waals surface area contributed by atoms with E-state index in [-0.39, 0.29) is 0 Å². The van der Waals surface area contributed by atoms with Crippen LogP contribution in [0.3, 0.4) is 0 Å². The van der Waals surface area contributed by atoms with Crippen molar-refractivity contribution in [2.75, 3.05) is 0 Å². The topological polar surface area (TPSA) is 12.4 Å². The highest BCUT2D eigenvalue weighted by Crippen LogP contribution is 2.52. The van der Waals surface area contributed by atoms with Gasteiger partial charge in [-0.3, -0.25) is 4.99 Å². The molecule has 0 saturated heterocycles. The fraction of sp³-hybridized carbons (Fsp3) is 0.0645. The number of hydrogen-bond donors (Lipinski definition) is 0. The maximum absolute atomic E-state index is 4.89. The largest absolute Gasteiger partial charge is 0.260 e. The smallest absolute Gasteiger partial charge is 0.0566 e. The molecule has 0 bridgehead atoms. The first-order valence-corrected chi connectivity index (χ1v) is 13.3. The summed E-state index contributed by atoms with van der Waals surface area (Å²) >= 11 is 3.77. The Balaban J connectivity index is 1.43. The van der Waals surface area contributed by atoms with E-state index in [4.69, 9.17) is 4.99 Å². The molecule has 2 heterocycles. The number of nitrogens with zero attached hydrogens (tertiary/aromatic N) is 1. The minimum Gasteiger partial charge on any atom is -0.260 e. The van der Waals surface area contributed by atoms with Gasteiger partial charge >= 0.3 is 0 Å². The Morgan fingerprint density at radius 3 is 2.21 bits per heavy atom. The molecule has 0 N–H and O–H groups in total. The highest BCUT2D eigenvalue weighted by molar-refractivity contribution is 8.05. The molecule has 34 heavy (non-hydrogen) atoms. The van der Waals surface area contributed by atoms with E-state index in [0.29, 0.717) is 5.92 Å². The average molecular weight is 470 g/mol. The van der Waals surface area contributed by atoms with Crippen LogP contribution >= 0.6 is 23.5 Å². The lowest BCUT2D eigenvalue weighted by molar-refractivity contribution is 0.912. The molecule has 3 heteroatoms. The van der Waals surface area contributed by atoms with Gasteiger partial charge in [-0.25, -0.2) is 0 Å². The number of benzene rings is 5. The van der Waals surface area contributed by atoms with Crippen molar-refractivity contribution in [3.8, 4) is 11.1 Å². The molecule has 160 valence electrons.